The van der Waals surface area contributed by atoms with Crippen LogP contribution in [0.1, 0.15) is 38.5 Å². The van der Waals surface area contributed by atoms with Gasteiger partial charge in [0.25, 0.3) is 0 Å². The van der Waals surface area contributed by atoms with Gasteiger partial charge in [-0.3, -0.25) is 9.69 Å². The smallest absolute Gasteiger partial charge is 0.222 e. The van der Waals surface area contributed by atoms with E-state index < -0.39 is 0 Å². The third-order valence-electron chi connectivity index (χ3n) is 4.30. The molecule has 0 bridgehead atoms. The average molecular weight is 254 g/mol. The van der Waals surface area contributed by atoms with E-state index in [0.29, 0.717) is 11.8 Å². The third-order valence-corrected chi connectivity index (χ3v) is 4.30. The van der Waals surface area contributed by atoms with Gasteiger partial charge in [-0.25, -0.2) is 0 Å². The minimum Gasteiger partial charge on any atom is -0.395 e. The van der Waals surface area contributed by atoms with Crippen LogP contribution in [-0.4, -0.2) is 60.1 Å². The number of carbonyl (C=O) groups is 1. The number of hydrogen-bond donors (Lipinski definition) is 1. The van der Waals surface area contributed by atoms with Crippen molar-refractivity contribution in [2.75, 3.05) is 39.3 Å². The van der Waals surface area contributed by atoms with Gasteiger partial charge in [-0.1, -0.05) is 12.8 Å². The van der Waals surface area contributed by atoms with Crippen LogP contribution in [0, 0.1) is 5.92 Å². The van der Waals surface area contributed by atoms with E-state index in [1.165, 1.54) is 25.7 Å². The second-order valence-corrected chi connectivity index (χ2v) is 5.65. The van der Waals surface area contributed by atoms with Gasteiger partial charge in [0.2, 0.25) is 5.91 Å². The Morgan fingerprint density at radius 1 is 1.06 bits per heavy atom. The first-order chi connectivity index (χ1) is 8.79. The Labute approximate surface area is 110 Å². The topological polar surface area (TPSA) is 43.8 Å². The highest BCUT2D eigenvalue weighted by atomic mass is 16.3. The number of hydrogen-bond acceptors (Lipinski definition) is 3. The van der Waals surface area contributed by atoms with Crippen LogP contribution in [0.2, 0.25) is 0 Å². The molecule has 18 heavy (non-hydrogen) atoms. The van der Waals surface area contributed by atoms with Crippen LogP contribution in [0.4, 0.5) is 0 Å². The summed E-state index contributed by atoms with van der Waals surface area (Å²) in [6.07, 6.45) is 6.91. The molecule has 1 aliphatic heterocycles. The van der Waals surface area contributed by atoms with E-state index in [1.807, 2.05) is 4.90 Å². The fraction of sp³-hybridized carbons (Fsp3) is 0.929. The molecule has 1 amide bonds. The van der Waals surface area contributed by atoms with E-state index in [-0.39, 0.29) is 6.61 Å². The molecule has 104 valence electrons. The van der Waals surface area contributed by atoms with Gasteiger partial charge in [0, 0.05) is 32.6 Å². The predicted molar refractivity (Wildman–Crippen MR) is 71.3 cm³/mol. The summed E-state index contributed by atoms with van der Waals surface area (Å²) >= 11 is 0. The van der Waals surface area contributed by atoms with Gasteiger partial charge in [-0.2, -0.15) is 0 Å². The maximum absolute atomic E-state index is 12.2. The molecule has 1 saturated heterocycles. The molecular formula is C14H26N2O2. The minimum atomic E-state index is 0.218. The second kappa shape index (κ2) is 7.10. The Morgan fingerprint density at radius 2 is 1.83 bits per heavy atom. The molecule has 0 aromatic carbocycles. The molecule has 0 spiro atoms. The zero-order chi connectivity index (χ0) is 12.8. The Hall–Kier alpha value is -0.610. The standard InChI is InChI=1S/C14H26N2O2/c17-11-10-15-6-3-7-16(9-8-15)14(18)12-13-4-1-2-5-13/h13,17H,1-12H2. The molecule has 4 nitrogen and oxygen atoms in total. The van der Waals surface area contributed by atoms with Crippen LogP contribution < -0.4 is 0 Å². The van der Waals surface area contributed by atoms with Crippen LogP contribution in [0.3, 0.4) is 0 Å². The highest BCUT2D eigenvalue weighted by Gasteiger charge is 2.23. The lowest BCUT2D eigenvalue weighted by atomic mass is 10.0. The molecule has 1 aliphatic carbocycles. The van der Waals surface area contributed by atoms with Crippen molar-refractivity contribution in [3.05, 3.63) is 0 Å². The van der Waals surface area contributed by atoms with Crippen molar-refractivity contribution in [2.45, 2.75) is 38.5 Å². The number of carbonyl (C=O) groups excluding carboxylic acids is 1. The number of β-amino-alcohol motifs (C(OH)–C–C–N with tert-alkyl or cyclic N) is 1. The number of aliphatic hydroxyl groups excluding tert-OH is 1. The molecule has 0 aromatic rings. The maximum Gasteiger partial charge on any atom is 0.222 e. The van der Waals surface area contributed by atoms with Gasteiger partial charge in [0.15, 0.2) is 0 Å². The van der Waals surface area contributed by atoms with Crippen molar-refractivity contribution in [3.8, 4) is 0 Å². The molecule has 0 unspecified atom stereocenters. The summed E-state index contributed by atoms with van der Waals surface area (Å²) in [7, 11) is 0. The lowest BCUT2D eigenvalue weighted by Crippen LogP contribution is -2.36. The Balaban J connectivity index is 1.76. The summed E-state index contributed by atoms with van der Waals surface area (Å²) in [5.41, 5.74) is 0. The SMILES string of the molecule is O=C(CC1CCCC1)N1CCCN(CCO)CC1. The van der Waals surface area contributed by atoms with E-state index in [1.54, 1.807) is 0 Å². The van der Waals surface area contributed by atoms with Gasteiger partial charge < -0.3 is 10.0 Å². The lowest BCUT2D eigenvalue weighted by Gasteiger charge is -2.22. The van der Waals surface area contributed by atoms with Crippen LogP contribution in [-0.2, 0) is 4.79 Å². The highest BCUT2D eigenvalue weighted by molar-refractivity contribution is 5.76. The second-order valence-electron chi connectivity index (χ2n) is 5.65. The molecule has 1 saturated carbocycles. The first-order valence-corrected chi connectivity index (χ1v) is 7.40. The van der Waals surface area contributed by atoms with Crippen molar-refractivity contribution >= 4 is 5.91 Å². The molecule has 1 heterocycles. The zero-order valence-electron chi connectivity index (χ0n) is 11.3. The molecule has 2 fully saturated rings. The largest absolute Gasteiger partial charge is 0.395 e. The van der Waals surface area contributed by atoms with Gasteiger partial charge in [-0.15, -0.1) is 0 Å². The number of amides is 1. The van der Waals surface area contributed by atoms with Gasteiger partial charge >= 0.3 is 0 Å². The fourth-order valence-electron chi connectivity index (χ4n) is 3.18. The summed E-state index contributed by atoms with van der Waals surface area (Å²) in [6.45, 7) is 4.62. The van der Waals surface area contributed by atoms with Crippen molar-refractivity contribution in [1.29, 1.82) is 0 Å². The van der Waals surface area contributed by atoms with E-state index in [9.17, 15) is 4.79 Å². The number of aliphatic hydroxyl groups is 1. The highest BCUT2D eigenvalue weighted by Crippen LogP contribution is 2.28. The van der Waals surface area contributed by atoms with E-state index in [4.69, 9.17) is 5.11 Å². The first-order valence-electron chi connectivity index (χ1n) is 7.40. The van der Waals surface area contributed by atoms with Crippen LogP contribution in [0.15, 0.2) is 0 Å². The molecule has 4 heteroatoms. The van der Waals surface area contributed by atoms with Crippen molar-refractivity contribution in [2.24, 2.45) is 5.92 Å². The van der Waals surface area contributed by atoms with Gasteiger partial charge in [0.05, 0.1) is 6.61 Å². The van der Waals surface area contributed by atoms with E-state index in [2.05, 4.69) is 4.90 Å². The van der Waals surface area contributed by atoms with E-state index in [0.717, 1.165) is 45.6 Å². The summed E-state index contributed by atoms with van der Waals surface area (Å²) in [5, 5.41) is 8.95. The Bertz CT molecular complexity index is 265. The molecule has 2 rings (SSSR count). The van der Waals surface area contributed by atoms with Crippen molar-refractivity contribution in [1.82, 2.24) is 9.80 Å². The normalized spacial score (nSPS) is 23.3. The summed E-state index contributed by atoms with van der Waals surface area (Å²) in [6, 6.07) is 0. The van der Waals surface area contributed by atoms with Crippen LogP contribution in [0.5, 0.6) is 0 Å². The fourth-order valence-corrected chi connectivity index (χ4v) is 3.18. The number of nitrogens with zero attached hydrogens (tertiary/aromatic N) is 2. The Kier molecular flexibility index (Phi) is 5.45. The van der Waals surface area contributed by atoms with Crippen molar-refractivity contribution < 1.29 is 9.90 Å². The lowest BCUT2D eigenvalue weighted by molar-refractivity contribution is -0.132. The molecule has 1 N–H and O–H groups in total. The molecule has 0 aromatic heterocycles. The average Bonchev–Trinajstić information content (AvgIpc) is 2.74. The summed E-state index contributed by atoms with van der Waals surface area (Å²) in [4.78, 5) is 16.5. The predicted octanol–water partition coefficient (Wildman–Crippen LogP) is 1.09. The molecule has 0 radical (unpaired) electrons. The third kappa shape index (κ3) is 3.95. The molecule has 2 aliphatic rings. The monoisotopic (exact) mass is 254 g/mol. The van der Waals surface area contributed by atoms with Crippen LogP contribution in [0.25, 0.3) is 0 Å². The quantitative estimate of drug-likeness (QED) is 0.817. The van der Waals surface area contributed by atoms with Crippen LogP contribution >= 0.6 is 0 Å². The molecule has 0 atom stereocenters. The van der Waals surface area contributed by atoms with Gasteiger partial charge in [0.1, 0.15) is 0 Å². The number of rotatable bonds is 4. The minimum absolute atomic E-state index is 0.218. The first kappa shape index (κ1) is 13.8. The summed E-state index contributed by atoms with van der Waals surface area (Å²) < 4.78 is 0. The Morgan fingerprint density at radius 3 is 2.56 bits per heavy atom. The zero-order valence-corrected chi connectivity index (χ0v) is 11.3. The molecular weight excluding hydrogens is 228 g/mol. The van der Waals surface area contributed by atoms with Gasteiger partial charge in [-0.05, 0) is 31.7 Å². The van der Waals surface area contributed by atoms with Crippen molar-refractivity contribution in [3.63, 3.8) is 0 Å². The summed E-state index contributed by atoms with van der Waals surface area (Å²) in [5.74, 6) is 1.00. The van der Waals surface area contributed by atoms with E-state index >= 15 is 0 Å². The maximum atomic E-state index is 12.2.